The van der Waals surface area contributed by atoms with Gasteiger partial charge in [0.2, 0.25) is 0 Å². The number of hydrogen-bond donors (Lipinski definition) is 1. The first-order valence-corrected chi connectivity index (χ1v) is 7.01. The van der Waals surface area contributed by atoms with Gasteiger partial charge in [0.05, 0.1) is 12.6 Å². The number of ether oxygens (including phenoxy) is 1. The smallest absolute Gasteiger partial charge is 0.137 e. The van der Waals surface area contributed by atoms with Crippen LogP contribution in [0.15, 0.2) is 42.7 Å². The molecular formula is C16H13ClFN3O. The van der Waals surface area contributed by atoms with Gasteiger partial charge in [-0.2, -0.15) is 0 Å². The maximum Gasteiger partial charge on any atom is 0.137 e. The number of nitrogens with zero attached hydrogens (tertiary/aromatic N) is 2. The van der Waals surface area contributed by atoms with Crippen molar-refractivity contribution in [1.29, 1.82) is 0 Å². The minimum Gasteiger partial charge on any atom is -0.497 e. The van der Waals surface area contributed by atoms with Gasteiger partial charge >= 0.3 is 0 Å². The molecule has 0 aliphatic heterocycles. The summed E-state index contributed by atoms with van der Waals surface area (Å²) < 4.78 is 18.6. The summed E-state index contributed by atoms with van der Waals surface area (Å²) in [5, 5.41) is 4.66. The zero-order valence-corrected chi connectivity index (χ0v) is 12.6. The maximum atomic E-state index is 13.5. The van der Waals surface area contributed by atoms with E-state index in [1.165, 1.54) is 25.6 Å². The van der Waals surface area contributed by atoms with Crippen LogP contribution in [0.1, 0.15) is 5.56 Å². The van der Waals surface area contributed by atoms with Crippen molar-refractivity contribution in [2.45, 2.75) is 6.54 Å². The topological polar surface area (TPSA) is 47.0 Å². The highest BCUT2D eigenvalue weighted by molar-refractivity contribution is 6.31. The van der Waals surface area contributed by atoms with Crippen LogP contribution < -0.4 is 10.1 Å². The van der Waals surface area contributed by atoms with Gasteiger partial charge in [-0.1, -0.05) is 11.6 Å². The molecule has 0 radical (unpaired) electrons. The fourth-order valence-corrected chi connectivity index (χ4v) is 2.36. The molecule has 0 atom stereocenters. The molecule has 112 valence electrons. The van der Waals surface area contributed by atoms with E-state index >= 15 is 0 Å². The molecule has 0 aliphatic carbocycles. The van der Waals surface area contributed by atoms with E-state index in [4.69, 9.17) is 16.3 Å². The second kappa shape index (κ2) is 6.15. The highest BCUT2D eigenvalue weighted by atomic mass is 35.5. The number of benzene rings is 2. The molecule has 0 saturated carbocycles. The molecule has 0 spiro atoms. The Labute approximate surface area is 131 Å². The Kier molecular flexibility index (Phi) is 4.06. The lowest BCUT2D eigenvalue weighted by molar-refractivity contribution is 0.410. The third kappa shape index (κ3) is 3.09. The molecule has 4 nitrogen and oxygen atoms in total. The normalized spacial score (nSPS) is 10.7. The van der Waals surface area contributed by atoms with Gasteiger partial charge in [0, 0.05) is 23.0 Å². The molecule has 0 saturated heterocycles. The molecule has 1 aromatic heterocycles. The quantitative estimate of drug-likeness (QED) is 0.789. The summed E-state index contributed by atoms with van der Waals surface area (Å²) in [6.07, 6.45) is 1.47. The van der Waals surface area contributed by atoms with Gasteiger partial charge in [-0.3, -0.25) is 0 Å². The highest BCUT2D eigenvalue weighted by Gasteiger charge is 2.06. The number of fused-ring (bicyclic) bond motifs is 1. The van der Waals surface area contributed by atoms with Crippen molar-refractivity contribution < 1.29 is 9.13 Å². The molecule has 0 bridgehead atoms. The summed E-state index contributed by atoms with van der Waals surface area (Å²) in [6.45, 7) is 0.420. The lowest BCUT2D eigenvalue weighted by Gasteiger charge is -2.10. The highest BCUT2D eigenvalue weighted by Crippen LogP contribution is 2.23. The summed E-state index contributed by atoms with van der Waals surface area (Å²) in [4.78, 5) is 8.41. The Morgan fingerprint density at radius 2 is 2.05 bits per heavy atom. The average molecular weight is 318 g/mol. The van der Waals surface area contributed by atoms with Crippen molar-refractivity contribution in [3.05, 3.63) is 59.1 Å². The second-order valence-electron chi connectivity index (χ2n) is 4.74. The van der Waals surface area contributed by atoms with E-state index in [0.717, 1.165) is 16.5 Å². The number of methoxy groups -OCH3 is 1. The molecule has 22 heavy (non-hydrogen) atoms. The first-order chi connectivity index (χ1) is 10.7. The molecule has 0 aliphatic rings. The molecule has 3 rings (SSSR count). The predicted molar refractivity (Wildman–Crippen MR) is 84.8 cm³/mol. The van der Waals surface area contributed by atoms with Crippen LogP contribution in [-0.4, -0.2) is 17.1 Å². The van der Waals surface area contributed by atoms with Gasteiger partial charge in [-0.25, -0.2) is 14.4 Å². The van der Waals surface area contributed by atoms with Crippen LogP contribution in [0.3, 0.4) is 0 Å². The number of halogens is 2. The van der Waals surface area contributed by atoms with Crippen LogP contribution in [0.4, 0.5) is 10.2 Å². The van der Waals surface area contributed by atoms with Crippen molar-refractivity contribution in [3.63, 3.8) is 0 Å². The average Bonchev–Trinajstić information content (AvgIpc) is 2.52. The fraction of sp³-hybridized carbons (Fsp3) is 0.125. The van der Waals surface area contributed by atoms with Crippen molar-refractivity contribution >= 4 is 28.3 Å². The molecule has 3 aromatic rings. The number of nitrogens with one attached hydrogen (secondary N) is 1. The number of anilines is 1. The zero-order valence-electron chi connectivity index (χ0n) is 11.8. The zero-order chi connectivity index (χ0) is 15.5. The van der Waals surface area contributed by atoms with E-state index in [1.807, 2.05) is 6.07 Å². The van der Waals surface area contributed by atoms with E-state index in [2.05, 4.69) is 15.3 Å². The third-order valence-corrected chi connectivity index (χ3v) is 3.46. The Morgan fingerprint density at radius 1 is 1.18 bits per heavy atom. The van der Waals surface area contributed by atoms with Gasteiger partial charge in [-0.15, -0.1) is 0 Å². The SMILES string of the molecule is COc1cc(F)cc(CNc2ncnc3cc(Cl)ccc23)c1. The number of hydrogen-bond acceptors (Lipinski definition) is 4. The van der Waals surface area contributed by atoms with E-state index in [1.54, 1.807) is 18.2 Å². The molecular weight excluding hydrogens is 305 g/mol. The standard InChI is InChI=1S/C16H13ClFN3O/c1-22-13-5-10(4-12(18)7-13)8-19-16-14-3-2-11(17)6-15(14)20-9-21-16/h2-7,9H,8H2,1H3,(H,19,20,21). The lowest BCUT2D eigenvalue weighted by Crippen LogP contribution is -2.03. The Balaban J connectivity index is 1.86. The summed E-state index contributed by atoms with van der Waals surface area (Å²) in [5.41, 5.74) is 1.51. The summed E-state index contributed by atoms with van der Waals surface area (Å²) in [6, 6.07) is 9.97. The van der Waals surface area contributed by atoms with E-state index in [9.17, 15) is 4.39 Å². The molecule has 1 N–H and O–H groups in total. The summed E-state index contributed by atoms with van der Waals surface area (Å²) in [5.74, 6) is 0.816. The molecule has 0 amide bonds. The predicted octanol–water partition coefficient (Wildman–Crippen LogP) is 4.04. The van der Waals surface area contributed by atoms with Gasteiger partial charge in [0.1, 0.15) is 23.7 Å². The van der Waals surface area contributed by atoms with Crippen LogP contribution >= 0.6 is 11.6 Å². The van der Waals surface area contributed by atoms with Crippen molar-refractivity contribution in [3.8, 4) is 5.75 Å². The van der Waals surface area contributed by atoms with Gasteiger partial charge in [-0.05, 0) is 35.9 Å². The number of aromatic nitrogens is 2. The molecule has 2 aromatic carbocycles. The number of rotatable bonds is 4. The largest absolute Gasteiger partial charge is 0.497 e. The van der Waals surface area contributed by atoms with Gasteiger partial charge in [0.15, 0.2) is 0 Å². The van der Waals surface area contributed by atoms with E-state index in [0.29, 0.717) is 23.1 Å². The van der Waals surface area contributed by atoms with Crippen molar-refractivity contribution in [2.24, 2.45) is 0 Å². The van der Waals surface area contributed by atoms with E-state index < -0.39 is 0 Å². The monoisotopic (exact) mass is 317 g/mol. The molecule has 1 heterocycles. The van der Waals surface area contributed by atoms with Gasteiger partial charge < -0.3 is 10.1 Å². The maximum absolute atomic E-state index is 13.5. The first kappa shape index (κ1) is 14.5. The molecule has 0 fully saturated rings. The summed E-state index contributed by atoms with van der Waals surface area (Å²) in [7, 11) is 1.51. The lowest BCUT2D eigenvalue weighted by atomic mass is 10.2. The van der Waals surface area contributed by atoms with E-state index in [-0.39, 0.29) is 5.82 Å². The Bertz CT molecular complexity index is 826. The fourth-order valence-electron chi connectivity index (χ4n) is 2.20. The molecule has 6 heteroatoms. The van der Waals surface area contributed by atoms with Crippen LogP contribution in [0.2, 0.25) is 5.02 Å². The van der Waals surface area contributed by atoms with Crippen LogP contribution in [-0.2, 0) is 6.54 Å². The van der Waals surface area contributed by atoms with Crippen molar-refractivity contribution in [1.82, 2.24) is 9.97 Å². The second-order valence-corrected chi connectivity index (χ2v) is 5.17. The first-order valence-electron chi connectivity index (χ1n) is 6.63. The summed E-state index contributed by atoms with van der Waals surface area (Å²) >= 11 is 5.96. The molecule has 0 unspecified atom stereocenters. The Morgan fingerprint density at radius 3 is 2.86 bits per heavy atom. The van der Waals surface area contributed by atoms with Gasteiger partial charge in [0.25, 0.3) is 0 Å². The minimum absolute atomic E-state index is 0.338. The van der Waals surface area contributed by atoms with Crippen molar-refractivity contribution in [2.75, 3.05) is 12.4 Å². The minimum atomic E-state index is -0.338. The van der Waals surface area contributed by atoms with Crippen LogP contribution in [0, 0.1) is 5.82 Å². The third-order valence-electron chi connectivity index (χ3n) is 3.23. The van der Waals surface area contributed by atoms with Crippen LogP contribution in [0.25, 0.3) is 10.9 Å². The van der Waals surface area contributed by atoms with Crippen LogP contribution in [0.5, 0.6) is 5.75 Å². The Hall–Kier alpha value is -2.40.